The summed E-state index contributed by atoms with van der Waals surface area (Å²) in [5.41, 5.74) is 1.77. The third kappa shape index (κ3) is 3.20. The highest BCUT2D eigenvalue weighted by Crippen LogP contribution is 2.18. The zero-order chi connectivity index (χ0) is 14.5. The molecule has 2 rings (SSSR count). The lowest BCUT2D eigenvalue weighted by atomic mass is 10.2. The molecule has 0 fully saturated rings. The first-order chi connectivity index (χ1) is 9.65. The van der Waals surface area contributed by atoms with Crippen LogP contribution in [0.25, 0.3) is 5.69 Å². The van der Waals surface area contributed by atoms with Gasteiger partial charge in [0.15, 0.2) is 0 Å². The van der Waals surface area contributed by atoms with Crippen LogP contribution < -0.4 is 0 Å². The van der Waals surface area contributed by atoms with E-state index in [1.165, 1.54) is 10.7 Å². The maximum absolute atomic E-state index is 13.6. The van der Waals surface area contributed by atoms with Crippen molar-refractivity contribution in [3.8, 4) is 5.69 Å². The molecule has 1 aromatic heterocycles. The molecule has 0 aliphatic rings. The summed E-state index contributed by atoms with van der Waals surface area (Å²) in [6.45, 7) is 6.50. The summed E-state index contributed by atoms with van der Waals surface area (Å²) in [6, 6.07) is 4.91. The van der Waals surface area contributed by atoms with Gasteiger partial charge >= 0.3 is 0 Å². The summed E-state index contributed by atoms with van der Waals surface area (Å²) < 4.78 is 26.0. The number of benzene rings is 1. The molecule has 0 unspecified atom stereocenters. The second-order valence-corrected chi connectivity index (χ2v) is 4.26. The second kappa shape index (κ2) is 6.58. The monoisotopic (exact) mass is 279 g/mol. The van der Waals surface area contributed by atoms with Gasteiger partial charge in [0, 0.05) is 13.2 Å². The Morgan fingerprint density at radius 1 is 1.25 bits per heavy atom. The van der Waals surface area contributed by atoms with E-state index in [1.54, 1.807) is 25.3 Å². The topological polar surface area (TPSA) is 49.2 Å². The van der Waals surface area contributed by atoms with Gasteiger partial charge in [0.25, 0.3) is 0 Å². The average molecular weight is 279 g/mol. The number of aromatic nitrogens is 3. The second-order valence-electron chi connectivity index (χ2n) is 4.26. The molecule has 0 bridgehead atoms. The Balaban J connectivity index is 2.24. The van der Waals surface area contributed by atoms with Crippen LogP contribution in [-0.2, 0) is 9.47 Å². The van der Waals surface area contributed by atoms with Gasteiger partial charge in [-0.2, -0.15) is 0 Å². The van der Waals surface area contributed by atoms with E-state index in [1.807, 2.05) is 13.8 Å². The Kier molecular flexibility index (Phi) is 4.81. The van der Waals surface area contributed by atoms with E-state index >= 15 is 0 Å². The highest BCUT2D eigenvalue weighted by Gasteiger charge is 2.16. The molecule has 0 amide bonds. The van der Waals surface area contributed by atoms with E-state index < -0.39 is 6.29 Å². The molecule has 20 heavy (non-hydrogen) atoms. The van der Waals surface area contributed by atoms with Crippen molar-refractivity contribution in [2.75, 3.05) is 13.2 Å². The number of halogens is 1. The molecule has 0 N–H and O–H groups in total. The van der Waals surface area contributed by atoms with Crippen molar-refractivity contribution in [1.29, 1.82) is 0 Å². The van der Waals surface area contributed by atoms with Crippen LogP contribution in [0.15, 0.2) is 24.4 Å². The molecule has 6 heteroatoms. The number of nitrogens with zero attached hydrogens (tertiary/aromatic N) is 3. The lowest BCUT2D eigenvalue weighted by Crippen LogP contribution is -2.09. The molecule has 108 valence electrons. The number of aryl methyl sites for hydroxylation is 1. The molecule has 0 spiro atoms. The first kappa shape index (κ1) is 14.6. The van der Waals surface area contributed by atoms with E-state index in [-0.39, 0.29) is 5.82 Å². The summed E-state index contributed by atoms with van der Waals surface area (Å²) >= 11 is 0. The van der Waals surface area contributed by atoms with Gasteiger partial charge in [0.2, 0.25) is 6.29 Å². The maximum Gasteiger partial charge on any atom is 0.204 e. The van der Waals surface area contributed by atoms with Crippen molar-refractivity contribution < 1.29 is 13.9 Å². The van der Waals surface area contributed by atoms with E-state index in [9.17, 15) is 4.39 Å². The van der Waals surface area contributed by atoms with Gasteiger partial charge in [-0.25, -0.2) is 9.07 Å². The van der Waals surface area contributed by atoms with Gasteiger partial charge in [-0.3, -0.25) is 0 Å². The van der Waals surface area contributed by atoms with Crippen molar-refractivity contribution in [2.24, 2.45) is 0 Å². The predicted octanol–water partition coefficient (Wildman–Crippen LogP) is 2.79. The molecule has 2 aromatic rings. The highest BCUT2D eigenvalue weighted by atomic mass is 19.1. The third-order valence-corrected chi connectivity index (χ3v) is 2.81. The third-order valence-electron chi connectivity index (χ3n) is 2.81. The average Bonchev–Trinajstić information content (AvgIpc) is 2.91. The first-order valence-corrected chi connectivity index (χ1v) is 6.57. The normalized spacial score (nSPS) is 11.2. The van der Waals surface area contributed by atoms with Crippen LogP contribution >= 0.6 is 0 Å². The Morgan fingerprint density at radius 2 is 1.95 bits per heavy atom. The van der Waals surface area contributed by atoms with Gasteiger partial charge in [-0.05, 0) is 38.5 Å². The minimum atomic E-state index is -0.547. The molecule has 0 saturated heterocycles. The first-order valence-electron chi connectivity index (χ1n) is 6.57. The Bertz CT molecular complexity index is 565. The van der Waals surface area contributed by atoms with E-state index in [0.29, 0.717) is 30.2 Å². The van der Waals surface area contributed by atoms with Crippen molar-refractivity contribution in [3.63, 3.8) is 0 Å². The Hall–Kier alpha value is -1.79. The quantitative estimate of drug-likeness (QED) is 0.763. The van der Waals surface area contributed by atoms with Crippen molar-refractivity contribution in [3.05, 3.63) is 41.5 Å². The minimum absolute atomic E-state index is 0.272. The van der Waals surface area contributed by atoms with Crippen LogP contribution in [0.2, 0.25) is 0 Å². The molecule has 0 atom stereocenters. The fourth-order valence-corrected chi connectivity index (χ4v) is 1.76. The summed E-state index contributed by atoms with van der Waals surface area (Å²) in [6.07, 6.45) is 1.13. The van der Waals surface area contributed by atoms with Crippen LogP contribution in [0.5, 0.6) is 0 Å². The van der Waals surface area contributed by atoms with Crippen molar-refractivity contribution >= 4 is 0 Å². The fraction of sp³-hybridized carbons (Fsp3) is 0.429. The van der Waals surface area contributed by atoms with Crippen LogP contribution in [-0.4, -0.2) is 28.2 Å². The van der Waals surface area contributed by atoms with Gasteiger partial charge in [0.1, 0.15) is 11.5 Å². The van der Waals surface area contributed by atoms with Gasteiger partial charge < -0.3 is 9.47 Å². The molecular formula is C14H18FN3O2. The minimum Gasteiger partial charge on any atom is -0.347 e. The molecular weight excluding hydrogens is 261 g/mol. The SMILES string of the molecule is CCOC(OCC)c1cn(-c2ccc(C)c(F)c2)nn1. The zero-order valence-electron chi connectivity index (χ0n) is 11.8. The maximum atomic E-state index is 13.6. The Labute approximate surface area is 117 Å². The van der Waals surface area contributed by atoms with E-state index in [4.69, 9.17) is 9.47 Å². The van der Waals surface area contributed by atoms with Crippen molar-refractivity contribution in [2.45, 2.75) is 27.1 Å². The van der Waals surface area contributed by atoms with Crippen LogP contribution in [0.4, 0.5) is 4.39 Å². The fourth-order valence-electron chi connectivity index (χ4n) is 1.76. The Morgan fingerprint density at radius 3 is 2.55 bits per heavy atom. The molecule has 1 aromatic carbocycles. The predicted molar refractivity (Wildman–Crippen MR) is 72.0 cm³/mol. The number of hydrogen-bond donors (Lipinski definition) is 0. The number of ether oxygens (including phenoxy) is 2. The number of hydrogen-bond acceptors (Lipinski definition) is 4. The molecule has 5 nitrogen and oxygen atoms in total. The lowest BCUT2D eigenvalue weighted by molar-refractivity contribution is -0.142. The zero-order valence-corrected chi connectivity index (χ0v) is 11.8. The van der Waals surface area contributed by atoms with Crippen LogP contribution in [0.3, 0.4) is 0 Å². The van der Waals surface area contributed by atoms with E-state index in [0.717, 1.165) is 0 Å². The number of rotatable bonds is 6. The standard InChI is InChI=1S/C14H18FN3O2/c1-4-19-14(20-5-2)13-9-18(17-16-13)11-7-6-10(3)12(15)8-11/h6-9,14H,4-5H2,1-3H3. The summed E-state index contributed by atoms with van der Waals surface area (Å²) in [4.78, 5) is 0. The molecule has 0 aliphatic heterocycles. The highest BCUT2D eigenvalue weighted by molar-refractivity contribution is 5.34. The largest absolute Gasteiger partial charge is 0.347 e. The molecule has 0 radical (unpaired) electrons. The van der Waals surface area contributed by atoms with Gasteiger partial charge in [-0.1, -0.05) is 11.3 Å². The van der Waals surface area contributed by atoms with Gasteiger partial charge in [0.05, 0.1) is 11.9 Å². The van der Waals surface area contributed by atoms with Crippen LogP contribution in [0.1, 0.15) is 31.4 Å². The van der Waals surface area contributed by atoms with Crippen LogP contribution in [0, 0.1) is 12.7 Å². The summed E-state index contributed by atoms with van der Waals surface area (Å²) in [5.74, 6) is -0.272. The van der Waals surface area contributed by atoms with E-state index in [2.05, 4.69) is 10.3 Å². The summed E-state index contributed by atoms with van der Waals surface area (Å²) in [5, 5.41) is 8.01. The summed E-state index contributed by atoms with van der Waals surface area (Å²) in [7, 11) is 0. The molecule has 1 heterocycles. The molecule has 0 aliphatic carbocycles. The molecule has 0 saturated carbocycles. The smallest absolute Gasteiger partial charge is 0.204 e. The lowest BCUT2D eigenvalue weighted by Gasteiger charge is -2.13. The van der Waals surface area contributed by atoms with Gasteiger partial charge in [-0.15, -0.1) is 5.10 Å². The van der Waals surface area contributed by atoms with Crippen molar-refractivity contribution in [1.82, 2.24) is 15.0 Å².